The largest absolute Gasteiger partial charge is 0.480 e. The highest BCUT2D eigenvalue weighted by Crippen LogP contribution is 2.28. The van der Waals surface area contributed by atoms with Crippen LogP contribution in [0.15, 0.2) is 12.1 Å². The number of aliphatic carboxylic acids is 1. The van der Waals surface area contributed by atoms with Gasteiger partial charge in [0.15, 0.2) is 0 Å². The molecule has 2 rings (SSSR count). The third kappa shape index (κ3) is 3.16. The minimum atomic E-state index is -1.12. The number of carboxylic acid groups (broad SMARTS) is 1. The lowest BCUT2D eigenvalue weighted by Gasteiger charge is -2.21. The maximum atomic E-state index is 13.5. The molecule has 0 aromatic heterocycles. The molecule has 1 heterocycles. The zero-order valence-corrected chi connectivity index (χ0v) is 12.0. The summed E-state index contributed by atoms with van der Waals surface area (Å²) in [5.41, 5.74) is -0.598. The summed E-state index contributed by atoms with van der Waals surface area (Å²) in [6.45, 7) is 0.264. The number of hydrogen-bond donors (Lipinski definition) is 1. The van der Waals surface area contributed by atoms with Gasteiger partial charge in [-0.15, -0.1) is 0 Å². The molecule has 0 spiro atoms. The zero-order valence-electron chi connectivity index (χ0n) is 11.3. The molecular weight excluding hydrogens is 319 g/mol. The molecule has 0 radical (unpaired) electrons. The van der Waals surface area contributed by atoms with Gasteiger partial charge in [0.2, 0.25) is 5.91 Å². The molecule has 0 saturated carbocycles. The summed E-state index contributed by atoms with van der Waals surface area (Å²) in [7, 11) is 0. The summed E-state index contributed by atoms with van der Waals surface area (Å²) >= 11 is 5.51. The Kier molecular flexibility index (Phi) is 4.60. The van der Waals surface area contributed by atoms with Crippen LogP contribution in [0.4, 0.5) is 10.1 Å². The van der Waals surface area contributed by atoms with E-state index in [1.165, 1.54) is 0 Å². The fourth-order valence-electron chi connectivity index (χ4n) is 2.48. The topological polar surface area (TPSA) is 101 Å². The van der Waals surface area contributed by atoms with E-state index in [1.54, 1.807) is 0 Å². The molecule has 0 unspecified atom stereocenters. The second-order valence-electron chi connectivity index (χ2n) is 4.91. The quantitative estimate of drug-likeness (QED) is 0.672. The number of nitro benzene ring substituents is 1. The summed E-state index contributed by atoms with van der Waals surface area (Å²) in [5, 5.41) is 19.6. The Morgan fingerprint density at radius 3 is 2.77 bits per heavy atom. The highest BCUT2D eigenvalue weighted by atomic mass is 35.5. The lowest BCUT2D eigenvalue weighted by atomic mass is 10.1. The van der Waals surface area contributed by atoms with Gasteiger partial charge < -0.3 is 10.0 Å². The van der Waals surface area contributed by atoms with Crippen molar-refractivity contribution in [2.24, 2.45) is 0 Å². The highest BCUT2D eigenvalue weighted by molar-refractivity contribution is 6.31. The molecule has 1 aromatic carbocycles. The fourth-order valence-corrected chi connectivity index (χ4v) is 2.63. The second kappa shape index (κ2) is 6.27. The summed E-state index contributed by atoms with van der Waals surface area (Å²) in [5.74, 6) is -2.58. The van der Waals surface area contributed by atoms with E-state index in [-0.39, 0.29) is 12.1 Å². The molecule has 0 bridgehead atoms. The number of hydrogen-bond acceptors (Lipinski definition) is 4. The average Bonchev–Trinajstić information content (AvgIpc) is 2.91. The molecule has 1 aliphatic heterocycles. The van der Waals surface area contributed by atoms with E-state index in [9.17, 15) is 24.1 Å². The number of carbonyl (C=O) groups is 2. The molecule has 1 aromatic rings. The van der Waals surface area contributed by atoms with Gasteiger partial charge in [-0.3, -0.25) is 14.9 Å². The van der Waals surface area contributed by atoms with Crippen molar-refractivity contribution in [3.05, 3.63) is 38.7 Å². The van der Waals surface area contributed by atoms with Crippen LogP contribution in [0.25, 0.3) is 0 Å². The van der Waals surface area contributed by atoms with Crippen LogP contribution in [0, 0.1) is 15.9 Å². The van der Waals surface area contributed by atoms with Gasteiger partial charge in [0.05, 0.1) is 16.4 Å². The van der Waals surface area contributed by atoms with Crippen molar-refractivity contribution >= 4 is 29.2 Å². The van der Waals surface area contributed by atoms with E-state index < -0.39 is 45.8 Å². The van der Waals surface area contributed by atoms with E-state index in [0.717, 1.165) is 17.0 Å². The van der Waals surface area contributed by atoms with Gasteiger partial charge in [0.1, 0.15) is 11.9 Å². The number of amides is 1. The molecule has 0 aliphatic carbocycles. The first-order valence-electron chi connectivity index (χ1n) is 6.46. The molecule has 1 amide bonds. The number of carbonyl (C=O) groups excluding carboxylic acids is 1. The first kappa shape index (κ1) is 16.2. The Labute approximate surface area is 129 Å². The molecular formula is C13H12ClFN2O5. The van der Waals surface area contributed by atoms with Crippen LogP contribution in [0.5, 0.6) is 0 Å². The maximum Gasteiger partial charge on any atom is 0.326 e. The van der Waals surface area contributed by atoms with E-state index in [1.807, 2.05) is 0 Å². The fraction of sp³-hybridized carbons (Fsp3) is 0.385. The van der Waals surface area contributed by atoms with Crippen LogP contribution in [-0.2, 0) is 16.0 Å². The van der Waals surface area contributed by atoms with Crippen LogP contribution in [0.2, 0.25) is 5.02 Å². The minimum Gasteiger partial charge on any atom is -0.480 e. The molecule has 118 valence electrons. The minimum absolute atomic E-state index is 0.132. The van der Waals surface area contributed by atoms with Crippen LogP contribution in [0.1, 0.15) is 18.4 Å². The Morgan fingerprint density at radius 1 is 1.50 bits per heavy atom. The first-order chi connectivity index (χ1) is 10.3. The Morgan fingerprint density at radius 2 is 2.18 bits per heavy atom. The number of likely N-dealkylation sites (tertiary alicyclic amines) is 1. The third-order valence-corrected chi connectivity index (χ3v) is 3.81. The molecule has 22 heavy (non-hydrogen) atoms. The molecule has 1 aliphatic rings. The number of carboxylic acids is 1. The number of benzene rings is 1. The number of nitrogens with zero attached hydrogens (tertiary/aromatic N) is 2. The van der Waals surface area contributed by atoms with Crippen molar-refractivity contribution in [2.45, 2.75) is 25.3 Å². The summed E-state index contributed by atoms with van der Waals surface area (Å²) in [4.78, 5) is 34.6. The summed E-state index contributed by atoms with van der Waals surface area (Å²) in [6, 6.07) is 0.742. The molecule has 1 fully saturated rings. The second-order valence-corrected chi connectivity index (χ2v) is 5.32. The van der Waals surface area contributed by atoms with Crippen LogP contribution in [0.3, 0.4) is 0 Å². The first-order valence-corrected chi connectivity index (χ1v) is 6.83. The molecule has 1 N–H and O–H groups in total. The lowest BCUT2D eigenvalue weighted by Crippen LogP contribution is -2.41. The average molecular weight is 331 g/mol. The highest BCUT2D eigenvalue weighted by Gasteiger charge is 2.34. The molecule has 1 atom stereocenters. The normalized spacial score (nSPS) is 17.5. The van der Waals surface area contributed by atoms with Crippen LogP contribution < -0.4 is 0 Å². The van der Waals surface area contributed by atoms with E-state index in [0.29, 0.717) is 12.8 Å². The van der Waals surface area contributed by atoms with Crippen LogP contribution >= 0.6 is 11.6 Å². The van der Waals surface area contributed by atoms with Gasteiger partial charge in [-0.2, -0.15) is 0 Å². The van der Waals surface area contributed by atoms with Gasteiger partial charge in [-0.1, -0.05) is 11.6 Å². The monoisotopic (exact) mass is 330 g/mol. The standard InChI is InChI=1S/C13H12ClFN2O5/c14-8-6-11(17(21)22)7(4-9(8)15)5-12(18)16-3-1-2-10(16)13(19)20/h4,6,10H,1-3,5H2,(H,19,20)/t10-/m1/s1. The van der Waals surface area contributed by atoms with Crippen molar-refractivity contribution < 1.29 is 24.0 Å². The smallest absolute Gasteiger partial charge is 0.326 e. The van der Waals surface area contributed by atoms with Gasteiger partial charge in [0.25, 0.3) is 5.69 Å². The van der Waals surface area contributed by atoms with Gasteiger partial charge in [-0.05, 0) is 18.9 Å². The maximum absolute atomic E-state index is 13.5. The lowest BCUT2D eigenvalue weighted by molar-refractivity contribution is -0.385. The Bertz CT molecular complexity index is 652. The predicted octanol–water partition coefficient (Wildman–Crippen LogP) is 2.01. The van der Waals surface area contributed by atoms with Crippen molar-refractivity contribution in [2.75, 3.05) is 6.54 Å². The molecule has 1 saturated heterocycles. The molecule has 9 heteroatoms. The van der Waals surface area contributed by atoms with E-state index in [2.05, 4.69) is 0 Å². The third-order valence-electron chi connectivity index (χ3n) is 3.52. The zero-order chi connectivity index (χ0) is 16.4. The van der Waals surface area contributed by atoms with Crippen LogP contribution in [-0.4, -0.2) is 39.4 Å². The summed E-state index contributed by atoms with van der Waals surface area (Å²) < 4.78 is 13.5. The van der Waals surface area contributed by atoms with Crippen molar-refractivity contribution in [3.8, 4) is 0 Å². The predicted molar refractivity (Wildman–Crippen MR) is 74.1 cm³/mol. The summed E-state index contributed by atoms with van der Waals surface area (Å²) in [6.07, 6.45) is 0.423. The number of rotatable bonds is 4. The number of halogens is 2. The SMILES string of the molecule is O=C(O)[C@H]1CCCN1C(=O)Cc1cc(F)c(Cl)cc1[N+](=O)[O-]. The van der Waals surface area contributed by atoms with Crippen molar-refractivity contribution in [1.29, 1.82) is 0 Å². The Balaban J connectivity index is 2.26. The van der Waals surface area contributed by atoms with E-state index in [4.69, 9.17) is 16.7 Å². The van der Waals surface area contributed by atoms with Crippen molar-refractivity contribution in [3.63, 3.8) is 0 Å². The Hall–Kier alpha value is -2.22. The van der Waals surface area contributed by atoms with Gasteiger partial charge in [-0.25, -0.2) is 9.18 Å². The molecule has 7 nitrogen and oxygen atoms in total. The van der Waals surface area contributed by atoms with Gasteiger partial charge >= 0.3 is 5.97 Å². The number of nitro groups is 1. The van der Waals surface area contributed by atoms with Crippen molar-refractivity contribution in [1.82, 2.24) is 4.90 Å². The van der Waals surface area contributed by atoms with Gasteiger partial charge in [0, 0.05) is 18.2 Å². The van der Waals surface area contributed by atoms with E-state index >= 15 is 0 Å².